The van der Waals surface area contributed by atoms with E-state index in [4.69, 9.17) is 0 Å². The van der Waals surface area contributed by atoms with Crippen LogP contribution in [0.25, 0.3) is 0 Å². The molecule has 0 saturated carbocycles. The van der Waals surface area contributed by atoms with Crippen LogP contribution in [0, 0.1) is 5.82 Å². The zero-order chi connectivity index (χ0) is 20.8. The van der Waals surface area contributed by atoms with Crippen LogP contribution in [0.3, 0.4) is 0 Å². The van der Waals surface area contributed by atoms with Crippen molar-refractivity contribution in [3.63, 3.8) is 0 Å². The predicted octanol–water partition coefficient (Wildman–Crippen LogP) is 3.62. The normalized spacial score (nSPS) is 15.6. The van der Waals surface area contributed by atoms with Gasteiger partial charge in [-0.2, -0.15) is 0 Å². The first-order chi connectivity index (χ1) is 13.9. The molecule has 1 saturated heterocycles. The molecule has 154 valence electrons. The Hall–Kier alpha value is -2.45. The molecule has 1 aliphatic heterocycles. The van der Waals surface area contributed by atoms with Gasteiger partial charge in [-0.05, 0) is 48.9 Å². The molecule has 3 amide bonds. The highest BCUT2D eigenvalue weighted by atomic mass is 79.9. The molecule has 0 bridgehead atoms. The van der Waals surface area contributed by atoms with Crippen LogP contribution in [0.4, 0.5) is 14.9 Å². The summed E-state index contributed by atoms with van der Waals surface area (Å²) < 4.78 is 13.9. The van der Waals surface area contributed by atoms with Crippen LogP contribution in [0.1, 0.15) is 18.5 Å². The Bertz CT molecular complexity index is 837. The van der Waals surface area contributed by atoms with E-state index >= 15 is 0 Å². The van der Waals surface area contributed by atoms with Gasteiger partial charge in [-0.25, -0.2) is 9.18 Å². The molecule has 29 heavy (non-hydrogen) atoms. The quantitative estimate of drug-likeness (QED) is 0.712. The van der Waals surface area contributed by atoms with Gasteiger partial charge in [0.1, 0.15) is 5.82 Å². The lowest BCUT2D eigenvalue weighted by molar-refractivity contribution is -0.117. The second-order valence-electron chi connectivity index (χ2n) is 7.04. The van der Waals surface area contributed by atoms with Gasteiger partial charge in [-0.1, -0.05) is 28.1 Å². The predicted molar refractivity (Wildman–Crippen MR) is 114 cm³/mol. The van der Waals surface area contributed by atoms with E-state index in [1.54, 1.807) is 4.90 Å². The summed E-state index contributed by atoms with van der Waals surface area (Å²) in [6.07, 6.45) is 0. The Labute approximate surface area is 178 Å². The fourth-order valence-corrected chi connectivity index (χ4v) is 3.42. The minimum Gasteiger partial charge on any atom is -0.331 e. The number of urea groups is 1. The molecule has 3 rings (SSSR count). The van der Waals surface area contributed by atoms with Crippen molar-refractivity contribution in [2.24, 2.45) is 0 Å². The fraction of sp³-hybridized carbons (Fsp3) is 0.333. The molecule has 2 aromatic rings. The van der Waals surface area contributed by atoms with E-state index < -0.39 is 0 Å². The molecule has 2 N–H and O–H groups in total. The van der Waals surface area contributed by atoms with Crippen molar-refractivity contribution < 1.29 is 14.0 Å². The van der Waals surface area contributed by atoms with E-state index in [1.165, 1.54) is 24.3 Å². The molecule has 6 nitrogen and oxygen atoms in total. The summed E-state index contributed by atoms with van der Waals surface area (Å²) in [4.78, 5) is 28.5. The number of benzene rings is 2. The number of halogens is 2. The molecule has 0 spiro atoms. The maximum atomic E-state index is 12.9. The first kappa shape index (κ1) is 21.3. The smallest absolute Gasteiger partial charge is 0.317 e. The van der Waals surface area contributed by atoms with Crippen LogP contribution >= 0.6 is 15.9 Å². The Morgan fingerprint density at radius 2 is 1.66 bits per heavy atom. The topological polar surface area (TPSA) is 64.7 Å². The van der Waals surface area contributed by atoms with E-state index in [9.17, 15) is 14.0 Å². The second kappa shape index (κ2) is 9.84. The summed E-state index contributed by atoms with van der Waals surface area (Å²) >= 11 is 3.41. The maximum Gasteiger partial charge on any atom is 0.317 e. The van der Waals surface area contributed by atoms with Gasteiger partial charge in [0, 0.05) is 36.3 Å². The monoisotopic (exact) mass is 462 g/mol. The van der Waals surface area contributed by atoms with Crippen LogP contribution in [-0.4, -0.2) is 54.5 Å². The summed E-state index contributed by atoms with van der Waals surface area (Å²) in [5, 5.41) is 5.78. The number of hydrogen-bond acceptors (Lipinski definition) is 3. The molecule has 1 fully saturated rings. The van der Waals surface area contributed by atoms with Crippen molar-refractivity contribution in [1.82, 2.24) is 15.1 Å². The Kier molecular flexibility index (Phi) is 7.22. The van der Waals surface area contributed by atoms with Gasteiger partial charge >= 0.3 is 6.03 Å². The molecular weight excluding hydrogens is 439 g/mol. The average molecular weight is 463 g/mol. The van der Waals surface area contributed by atoms with Crippen LogP contribution in [0.2, 0.25) is 0 Å². The Balaban J connectivity index is 1.42. The van der Waals surface area contributed by atoms with Crippen molar-refractivity contribution in [2.75, 3.05) is 38.0 Å². The van der Waals surface area contributed by atoms with E-state index in [2.05, 4.69) is 26.6 Å². The van der Waals surface area contributed by atoms with Crippen molar-refractivity contribution in [3.8, 4) is 0 Å². The third kappa shape index (κ3) is 6.27. The summed E-state index contributed by atoms with van der Waals surface area (Å²) in [7, 11) is 0. The third-order valence-electron chi connectivity index (χ3n) is 4.86. The van der Waals surface area contributed by atoms with Gasteiger partial charge in [0.05, 0.1) is 12.6 Å². The second-order valence-corrected chi connectivity index (χ2v) is 7.96. The number of carbonyl (C=O) groups is 2. The van der Waals surface area contributed by atoms with Crippen molar-refractivity contribution in [1.29, 1.82) is 0 Å². The molecule has 1 atom stereocenters. The van der Waals surface area contributed by atoms with Crippen LogP contribution < -0.4 is 10.6 Å². The highest BCUT2D eigenvalue weighted by molar-refractivity contribution is 9.10. The lowest BCUT2D eigenvalue weighted by Crippen LogP contribution is -2.53. The van der Waals surface area contributed by atoms with Crippen LogP contribution in [0.15, 0.2) is 53.0 Å². The number of hydrogen-bond donors (Lipinski definition) is 2. The zero-order valence-electron chi connectivity index (χ0n) is 16.2. The molecule has 1 unspecified atom stereocenters. The lowest BCUT2D eigenvalue weighted by atomic mass is 10.1. The molecule has 0 radical (unpaired) electrons. The summed E-state index contributed by atoms with van der Waals surface area (Å²) in [5.74, 6) is -0.495. The van der Waals surface area contributed by atoms with Crippen LogP contribution in [-0.2, 0) is 4.79 Å². The van der Waals surface area contributed by atoms with Gasteiger partial charge in [-0.3, -0.25) is 9.69 Å². The lowest BCUT2D eigenvalue weighted by Gasteiger charge is -2.35. The van der Waals surface area contributed by atoms with E-state index in [1.807, 2.05) is 36.1 Å². The first-order valence-corrected chi connectivity index (χ1v) is 10.3. The van der Waals surface area contributed by atoms with E-state index in [0.717, 1.165) is 10.0 Å². The third-order valence-corrected chi connectivity index (χ3v) is 5.39. The van der Waals surface area contributed by atoms with Gasteiger partial charge in [0.2, 0.25) is 5.91 Å². The number of piperazine rings is 1. The first-order valence-electron chi connectivity index (χ1n) is 9.49. The van der Waals surface area contributed by atoms with Gasteiger partial charge < -0.3 is 15.5 Å². The summed E-state index contributed by atoms with van der Waals surface area (Å²) in [5.41, 5.74) is 1.61. The van der Waals surface area contributed by atoms with E-state index in [-0.39, 0.29) is 30.3 Å². The molecule has 0 aliphatic carbocycles. The SMILES string of the molecule is CC(NC(=O)N1CCN(CC(=O)Nc2ccc(F)cc2)CC1)c1ccc(Br)cc1. The Morgan fingerprint density at radius 3 is 2.28 bits per heavy atom. The van der Waals surface area contributed by atoms with Gasteiger partial charge in [0.25, 0.3) is 0 Å². The molecule has 0 aromatic heterocycles. The Morgan fingerprint density at radius 1 is 1.03 bits per heavy atom. The average Bonchev–Trinajstić information content (AvgIpc) is 2.70. The number of amides is 3. The zero-order valence-corrected chi connectivity index (χ0v) is 17.8. The molecule has 1 heterocycles. The van der Waals surface area contributed by atoms with Crippen molar-refractivity contribution in [2.45, 2.75) is 13.0 Å². The maximum absolute atomic E-state index is 12.9. The molecule has 1 aliphatic rings. The number of anilines is 1. The molecule has 2 aromatic carbocycles. The summed E-state index contributed by atoms with van der Waals surface area (Å²) in [6, 6.07) is 13.3. The fourth-order valence-electron chi connectivity index (χ4n) is 3.16. The number of carbonyl (C=O) groups excluding carboxylic acids is 2. The highest BCUT2D eigenvalue weighted by Gasteiger charge is 2.23. The minimum atomic E-state index is -0.341. The highest BCUT2D eigenvalue weighted by Crippen LogP contribution is 2.17. The van der Waals surface area contributed by atoms with Crippen molar-refractivity contribution >= 4 is 33.6 Å². The minimum absolute atomic E-state index is 0.0879. The molecule has 8 heteroatoms. The number of nitrogens with zero attached hydrogens (tertiary/aromatic N) is 2. The van der Waals surface area contributed by atoms with Gasteiger partial charge in [-0.15, -0.1) is 0 Å². The standard InChI is InChI=1S/C21H24BrFN4O2/c1-15(16-2-4-17(22)5-3-16)24-21(29)27-12-10-26(11-13-27)14-20(28)25-19-8-6-18(23)7-9-19/h2-9,15H,10-14H2,1H3,(H,24,29)(H,25,28). The largest absolute Gasteiger partial charge is 0.331 e. The summed E-state index contributed by atoms with van der Waals surface area (Å²) in [6.45, 7) is 4.55. The van der Waals surface area contributed by atoms with Crippen LogP contribution in [0.5, 0.6) is 0 Å². The van der Waals surface area contributed by atoms with Gasteiger partial charge in [0.15, 0.2) is 0 Å². The van der Waals surface area contributed by atoms with E-state index in [0.29, 0.717) is 31.9 Å². The number of nitrogens with one attached hydrogen (secondary N) is 2. The van der Waals surface area contributed by atoms with Crippen molar-refractivity contribution in [3.05, 3.63) is 64.4 Å². The molecular formula is C21H24BrFN4O2. The number of rotatable bonds is 5.